The highest BCUT2D eigenvalue weighted by Crippen LogP contribution is 2.23. The third kappa shape index (κ3) is 3.82. The summed E-state index contributed by atoms with van der Waals surface area (Å²) in [6.07, 6.45) is -0.704. The molecule has 17 heavy (non-hydrogen) atoms. The van der Waals surface area contributed by atoms with Gasteiger partial charge in [0.15, 0.2) is 5.78 Å². The Morgan fingerprint density at radius 2 is 2.12 bits per heavy atom. The first kappa shape index (κ1) is 14.2. The quantitative estimate of drug-likeness (QED) is 0.909. The van der Waals surface area contributed by atoms with E-state index in [9.17, 15) is 9.90 Å². The van der Waals surface area contributed by atoms with Gasteiger partial charge in [-0.2, -0.15) is 0 Å². The summed E-state index contributed by atoms with van der Waals surface area (Å²) in [6.45, 7) is 3.65. The molecule has 1 unspecified atom stereocenters. The van der Waals surface area contributed by atoms with Crippen molar-refractivity contribution in [2.75, 3.05) is 7.11 Å². The van der Waals surface area contributed by atoms with Crippen LogP contribution in [0.3, 0.4) is 0 Å². The minimum absolute atomic E-state index is 0.0631. The van der Waals surface area contributed by atoms with Crippen LogP contribution in [0.2, 0.25) is 0 Å². The summed E-state index contributed by atoms with van der Waals surface area (Å²) in [6, 6.07) is 5.45. The van der Waals surface area contributed by atoms with Crippen molar-refractivity contribution in [3.63, 3.8) is 0 Å². The minimum atomic E-state index is -0.909. The molecule has 94 valence electrons. The number of methoxy groups -OCH3 is 1. The van der Waals surface area contributed by atoms with Crippen LogP contribution in [0, 0.1) is 5.92 Å². The lowest BCUT2D eigenvalue weighted by atomic mass is 9.98. The van der Waals surface area contributed by atoms with Gasteiger partial charge in [-0.25, -0.2) is 0 Å². The van der Waals surface area contributed by atoms with E-state index in [1.807, 2.05) is 26.0 Å². The lowest BCUT2D eigenvalue weighted by Crippen LogP contribution is -2.27. The van der Waals surface area contributed by atoms with Crippen LogP contribution >= 0.6 is 15.9 Å². The van der Waals surface area contributed by atoms with E-state index in [-0.39, 0.29) is 18.1 Å². The molecule has 0 aliphatic rings. The van der Waals surface area contributed by atoms with Gasteiger partial charge in [0.2, 0.25) is 0 Å². The number of halogens is 1. The molecular weight excluding hydrogens is 284 g/mol. The Hall–Kier alpha value is -0.870. The van der Waals surface area contributed by atoms with Crippen LogP contribution in [0.25, 0.3) is 0 Å². The lowest BCUT2D eigenvalue weighted by Gasteiger charge is -2.14. The largest absolute Gasteiger partial charge is 0.497 e. The maximum atomic E-state index is 11.8. The molecule has 0 aliphatic heterocycles. The van der Waals surface area contributed by atoms with Gasteiger partial charge in [0.05, 0.1) is 7.11 Å². The molecule has 0 saturated heterocycles. The van der Waals surface area contributed by atoms with E-state index in [1.165, 1.54) is 0 Å². The maximum absolute atomic E-state index is 11.8. The van der Waals surface area contributed by atoms with Crippen molar-refractivity contribution in [2.45, 2.75) is 26.4 Å². The predicted octanol–water partition coefficient (Wildman–Crippen LogP) is 2.59. The van der Waals surface area contributed by atoms with Crippen LogP contribution in [0.15, 0.2) is 22.7 Å². The molecule has 1 atom stereocenters. The Morgan fingerprint density at radius 3 is 2.65 bits per heavy atom. The Kier molecular flexibility index (Phi) is 5.15. The first-order valence-electron chi connectivity index (χ1n) is 5.49. The SMILES string of the molecule is COc1ccc(Br)c(CC(=O)C(O)C(C)C)c1. The smallest absolute Gasteiger partial charge is 0.165 e. The second-order valence-corrected chi connectivity index (χ2v) is 5.14. The molecule has 0 aromatic heterocycles. The number of rotatable bonds is 5. The zero-order valence-corrected chi connectivity index (χ0v) is 11.8. The summed E-state index contributed by atoms with van der Waals surface area (Å²) in [4.78, 5) is 11.8. The second-order valence-electron chi connectivity index (χ2n) is 4.29. The molecule has 0 amide bonds. The van der Waals surface area contributed by atoms with Gasteiger partial charge in [0.25, 0.3) is 0 Å². The van der Waals surface area contributed by atoms with E-state index in [2.05, 4.69) is 15.9 Å². The number of ketones is 1. The van der Waals surface area contributed by atoms with Gasteiger partial charge in [-0.3, -0.25) is 4.79 Å². The molecule has 0 fully saturated rings. The molecule has 1 aromatic rings. The van der Waals surface area contributed by atoms with Crippen LogP contribution in [0.4, 0.5) is 0 Å². The Balaban J connectivity index is 2.84. The standard InChI is InChI=1S/C13H17BrO3/c1-8(2)13(16)12(15)7-9-6-10(17-3)4-5-11(9)14/h4-6,8,13,16H,7H2,1-3H3. The number of carbonyl (C=O) groups is 1. The third-order valence-corrected chi connectivity index (χ3v) is 3.35. The maximum Gasteiger partial charge on any atom is 0.165 e. The van der Waals surface area contributed by atoms with Gasteiger partial charge in [0, 0.05) is 10.9 Å². The number of hydrogen-bond donors (Lipinski definition) is 1. The fourth-order valence-corrected chi connectivity index (χ4v) is 1.86. The van der Waals surface area contributed by atoms with Gasteiger partial charge >= 0.3 is 0 Å². The summed E-state index contributed by atoms with van der Waals surface area (Å²) in [5, 5.41) is 9.68. The molecule has 1 aromatic carbocycles. The number of Topliss-reactive ketones (excluding diaryl/α,β-unsaturated/α-hetero) is 1. The van der Waals surface area contributed by atoms with Gasteiger partial charge in [0.1, 0.15) is 11.9 Å². The highest BCUT2D eigenvalue weighted by Gasteiger charge is 2.19. The van der Waals surface area contributed by atoms with Gasteiger partial charge in [-0.1, -0.05) is 29.8 Å². The number of hydrogen-bond acceptors (Lipinski definition) is 3. The van der Waals surface area contributed by atoms with Crippen molar-refractivity contribution in [3.8, 4) is 5.75 Å². The van der Waals surface area contributed by atoms with Crippen molar-refractivity contribution in [3.05, 3.63) is 28.2 Å². The Morgan fingerprint density at radius 1 is 1.47 bits per heavy atom. The zero-order chi connectivity index (χ0) is 13.0. The van der Waals surface area contributed by atoms with Crippen LogP contribution in [-0.4, -0.2) is 24.1 Å². The average molecular weight is 301 g/mol. The first-order valence-corrected chi connectivity index (χ1v) is 6.28. The summed E-state index contributed by atoms with van der Waals surface area (Å²) >= 11 is 3.38. The summed E-state index contributed by atoms with van der Waals surface area (Å²) in [7, 11) is 1.58. The van der Waals surface area contributed by atoms with E-state index < -0.39 is 6.10 Å². The molecule has 0 bridgehead atoms. The molecule has 0 spiro atoms. The van der Waals surface area contributed by atoms with Crippen LogP contribution in [0.1, 0.15) is 19.4 Å². The van der Waals surface area contributed by atoms with Crippen molar-refractivity contribution in [1.29, 1.82) is 0 Å². The van der Waals surface area contributed by atoms with E-state index in [4.69, 9.17) is 4.74 Å². The van der Waals surface area contributed by atoms with E-state index >= 15 is 0 Å². The normalized spacial score (nSPS) is 12.6. The number of benzene rings is 1. The molecule has 0 heterocycles. The molecule has 0 radical (unpaired) electrons. The molecule has 1 rings (SSSR count). The van der Waals surface area contributed by atoms with Crippen LogP contribution in [0.5, 0.6) is 5.75 Å². The number of aliphatic hydroxyl groups is 1. The molecule has 4 heteroatoms. The van der Waals surface area contributed by atoms with E-state index in [1.54, 1.807) is 13.2 Å². The van der Waals surface area contributed by atoms with Crippen molar-refractivity contribution < 1.29 is 14.6 Å². The topological polar surface area (TPSA) is 46.5 Å². The molecule has 3 nitrogen and oxygen atoms in total. The minimum Gasteiger partial charge on any atom is -0.497 e. The highest BCUT2D eigenvalue weighted by atomic mass is 79.9. The van der Waals surface area contributed by atoms with Crippen molar-refractivity contribution in [1.82, 2.24) is 0 Å². The first-order chi connectivity index (χ1) is 7.95. The van der Waals surface area contributed by atoms with Gasteiger partial charge in [-0.05, 0) is 29.7 Å². The monoisotopic (exact) mass is 300 g/mol. The van der Waals surface area contributed by atoms with Crippen LogP contribution in [-0.2, 0) is 11.2 Å². The fraction of sp³-hybridized carbons (Fsp3) is 0.462. The van der Waals surface area contributed by atoms with Crippen molar-refractivity contribution >= 4 is 21.7 Å². The van der Waals surface area contributed by atoms with E-state index in [0.717, 1.165) is 10.0 Å². The molecule has 1 N–H and O–H groups in total. The third-order valence-electron chi connectivity index (χ3n) is 2.58. The van der Waals surface area contributed by atoms with Gasteiger partial charge in [-0.15, -0.1) is 0 Å². The fourth-order valence-electron chi connectivity index (χ4n) is 1.48. The molecule has 0 aliphatic carbocycles. The predicted molar refractivity (Wildman–Crippen MR) is 70.2 cm³/mol. The average Bonchev–Trinajstić information content (AvgIpc) is 2.30. The van der Waals surface area contributed by atoms with Gasteiger partial charge < -0.3 is 9.84 Å². The Labute approximate surface area is 110 Å². The summed E-state index contributed by atoms with van der Waals surface area (Å²) in [5.41, 5.74) is 0.828. The Bertz CT molecular complexity index is 402. The lowest BCUT2D eigenvalue weighted by molar-refractivity contribution is -0.128. The van der Waals surface area contributed by atoms with Crippen molar-refractivity contribution in [2.24, 2.45) is 5.92 Å². The highest BCUT2D eigenvalue weighted by molar-refractivity contribution is 9.10. The number of ether oxygens (including phenoxy) is 1. The second kappa shape index (κ2) is 6.17. The molecular formula is C13H17BrO3. The molecule has 0 saturated carbocycles. The summed E-state index contributed by atoms with van der Waals surface area (Å²) < 4.78 is 5.95. The van der Waals surface area contributed by atoms with Crippen LogP contribution < -0.4 is 4.74 Å². The number of carbonyl (C=O) groups excluding carboxylic acids is 1. The zero-order valence-electron chi connectivity index (χ0n) is 10.2. The summed E-state index contributed by atoms with van der Waals surface area (Å²) in [5.74, 6) is 0.468. The van der Waals surface area contributed by atoms with E-state index in [0.29, 0.717) is 5.75 Å². The number of aliphatic hydroxyl groups excluding tert-OH is 1.